The second-order valence-corrected chi connectivity index (χ2v) is 1.83. The van der Waals surface area contributed by atoms with Crippen molar-refractivity contribution in [2.24, 2.45) is 0 Å². The maximum atomic E-state index is 4.97. The lowest BCUT2D eigenvalue weighted by Crippen LogP contribution is -1.86. The van der Waals surface area contributed by atoms with Gasteiger partial charge in [0.1, 0.15) is 0 Å². The van der Waals surface area contributed by atoms with Gasteiger partial charge in [-0.2, -0.15) is 0 Å². The molecule has 0 aliphatic heterocycles. The molecule has 0 amide bonds. The van der Waals surface area contributed by atoms with Gasteiger partial charge in [0.05, 0.1) is 6.08 Å². The number of nitrogens with zero attached hydrogens (tertiary/aromatic N) is 2. The van der Waals surface area contributed by atoms with Crippen LogP contribution in [-0.2, 0) is 0 Å². The molecule has 0 spiro atoms. The van der Waals surface area contributed by atoms with Gasteiger partial charge in [0.2, 0.25) is 0 Å². The second kappa shape index (κ2) is 3.69. The molecule has 0 heterocycles. The molecule has 0 aromatic heterocycles. The summed E-state index contributed by atoms with van der Waals surface area (Å²) in [6, 6.07) is -0.00250. The molecule has 0 rings (SSSR count). The SMILES string of the molecule is C#[N+]/C(C)=C\C(C)[N+]#C. The normalized spacial score (nSPS) is 13.6. The minimum atomic E-state index is -0.00250. The van der Waals surface area contributed by atoms with Crippen LogP contribution >= 0.6 is 0 Å². The van der Waals surface area contributed by atoms with E-state index in [0.717, 1.165) is 5.70 Å². The molecular weight excluding hydrogens is 112 g/mol. The lowest BCUT2D eigenvalue weighted by Gasteiger charge is -1.74. The first kappa shape index (κ1) is 7.72. The molecule has 0 aliphatic rings. The highest BCUT2D eigenvalue weighted by Gasteiger charge is 2.07. The zero-order chi connectivity index (χ0) is 7.28. The Labute approximate surface area is 55.4 Å². The van der Waals surface area contributed by atoms with E-state index in [1.54, 1.807) is 13.0 Å². The summed E-state index contributed by atoms with van der Waals surface area (Å²) >= 11 is 0. The van der Waals surface area contributed by atoms with Crippen LogP contribution in [0.3, 0.4) is 0 Å². The van der Waals surface area contributed by atoms with E-state index in [4.69, 9.17) is 13.1 Å². The molecule has 0 aliphatic carbocycles. The van der Waals surface area contributed by atoms with E-state index in [9.17, 15) is 0 Å². The molecule has 0 N–H and O–H groups in total. The van der Waals surface area contributed by atoms with Gasteiger partial charge in [-0.1, -0.05) is 4.85 Å². The summed E-state index contributed by atoms with van der Waals surface area (Å²) < 4.78 is 0. The predicted octanol–water partition coefficient (Wildman–Crippen LogP) is 2.20. The number of rotatable bonds is 1. The summed E-state index contributed by atoms with van der Waals surface area (Å²) in [7, 11) is 0. The minimum absolute atomic E-state index is 0.00250. The van der Waals surface area contributed by atoms with Crippen LogP contribution in [-0.4, -0.2) is 6.04 Å². The molecule has 0 aromatic carbocycles. The Morgan fingerprint density at radius 3 is 2.44 bits per heavy atom. The molecule has 0 fully saturated rings. The van der Waals surface area contributed by atoms with Crippen LogP contribution in [0, 0.1) is 13.1 Å². The third-order valence-corrected chi connectivity index (χ3v) is 0.921. The molecule has 1 atom stereocenters. The van der Waals surface area contributed by atoms with Crippen LogP contribution < -0.4 is 0 Å². The van der Waals surface area contributed by atoms with Gasteiger partial charge in [-0.05, 0) is 4.85 Å². The van der Waals surface area contributed by atoms with Crippen LogP contribution in [0.5, 0.6) is 0 Å². The average Bonchev–Trinajstić information content (AvgIpc) is 1.87. The Balaban J connectivity index is 4.03. The Bertz CT molecular complexity index is 190. The lowest BCUT2D eigenvalue weighted by molar-refractivity contribution is 1.08. The zero-order valence-electron chi connectivity index (χ0n) is 5.70. The summed E-state index contributed by atoms with van der Waals surface area (Å²) in [5.74, 6) is 0. The topological polar surface area (TPSA) is 8.72 Å². The highest BCUT2D eigenvalue weighted by atomic mass is 14.7. The maximum Gasteiger partial charge on any atom is 0.317 e. The highest BCUT2D eigenvalue weighted by molar-refractivity contribution is 5.13. The summed E-state index contributed by atoms with van der Waals surface area (Å²) in [5, 5.41) is 0. The molecular formula is C7H10N2+2. The largest absolute Gasteiger partial charge is 0.317 e. The Morgan fingerprint density at radius 2 is 2.11 bits per heavy atom. The van der Waals surface area contributed by atoms with Gasteiger partial charge >= 0.3 is 5.70 Å². The molecule has 0 bridgehead atoms. The summed E-state index contributed by atoms with van der Waals surface area (Å²) in [4.78, 5) is 6.91. The molecule has 0 saturated heterocycles. The number of hydrogen-bond acceptors (Lipinski definition) is 0. The highest BCUT2D eigenvalue weighted by Crippen LogP contribution is 1.98. The van der Waals surface area contributed by atoms with Crippen LogP contribution in [0.25, 0.3) is 9.69 Å². The summed E-state index contributed by atoms with van der Waals surface area (Å²) in [6.45, 7) is 13.6. The van der Waals surface area contributed by atoms with E-state index in [-0.39, 0.29) is 6.04 Å². The van der Waals surface area contributed by atoms with Crippen molar-refractivity contribution < 1.29 is 0 Å². The molecule has 2 nitrogen and oxygen atoms in total. The van der Waals surface area contributed by atoms with Crippen molar-refractivity contribution in [3.63, 3.8) is 0 Å². The quantitative estimate of drug-likeness (QED) is 0.504. The second-order valence-electron chi connectivity index (χ2n) is 1.83. The first-order chi connectivity index (χ1) is 4.20. The monoisotopic (exact) mass is 122 g/mol. The molecule has 0 radical (unpaired) electrons. The minimum Gasteiger partial charge on any atom is -0.0791 e. The third kappa shape index (κ3) is 3.32. The van der Waals surface area contributed by atoms with Crippen molar-refractivity contribution in [2.75, 3.05) is 0 Å². The van der Waals surface area contributed by atoms with E-state index >= 15 is 0 Å². The van der Waals surface area contributed by atoms with Crippen molar-refractivity contribution in [3.05, 3.63) is 21.5 Å². The van der Waals surface area contributed by atoms with Gasteiger partial charge in [0.15, 0.2) is 0 Å². The average molecular weight is 122 g/mol. The molecule has 0 saturated carbocycles. The fraction of sp³-hybridized carbons (Fsp3) is 0.429. The van der Waals surface area contributed by atoms with Gasteiger partial charge in [0.25, 0.3) is 19.2 Å². The van der Waals surface area contributed by atoms with E-state index in [0.29, 0.717) is 0 Å². The first-order valence-electron chi connectivity index (χ1n) is 2.70. The van der Waals surface area contributed by atoms with Gasteiger partial charge < -0.3 is 0 Å². The van der Waals surface area contributed by atoms with Gasteiger partial charge in [0, 0.05) is 13.8 Å². The van der Waals surface area contributed by atoms with Crippen LogP contribution in [0.1, 0.15) is 13.8 Å². The number of allylic oxidation sites excluding steroid dienone is 1. The Hall–Kier alpha value is -1.28. The van der Waals surface area contributed by atoms with Gasteiger partial charge in [-0.25, -0.2) is 0 Å². The van der Waals surface area contributed by atoms with Crippen LogP contribution in [0.2, 0.25) is 0 Å². The lowest BCUT2D eigenvalue weighted by atomic mass is 10.3. The first-order valence-corrected chi connectivity index (χ1v) is 2.70. The molecule has 46 valence electrons. The summed E-state index contributed by atoms with van der Waals surface area (Å²) in [5.41, 5.74) is 0.747. The fourth-order valence-electron chi connectivity index (χ4n) is 0.435. The maximum absolute atomic E-state index is 4.97. The van der Waals surface area contributed by atoms with E-state index in [1.165, 1.54) is 0 Å². The van der Waals surface area contributed by atoms with Gasteiger partial charge in [-0.15, -0.1) is 0 Å². The van der Waals surface area contributed by atoms with Crippen molar-refractivity contribution in [1.82, 2.24) is 0 Å². The van der Waals surface area contributed by atoms with E-state index in [2.05, 4.69) is 9.69 Å². The third-order valence-electron chi connectivity index (χ3n) is 0.921. The van der Waals surface area contributed by atoms with Crippen molar-refractivity contribution >= 4 is 0 Å². The molecule has 1 unspecified atom stereocenters. The van der Waals surface area contributed by atoms with Crippen LogP contribution in [0.15, 0.2) is 11.8 Å². The van der Waals surface area contributed by atoms with E-state index in [1.807, 2.05) is 6.92 Å². The van der Waals surface area contributed by atoms with E-state index < -0.39 is 0 Å². The predicted molar refractivity (Wildman–Crippen MR) is 39.8 cm³/mol. The van der Waals surface area contributed by atoms with Crippen LogP contribution in [0.4, 0.5) is 0 Å². The molecule has 9 heavy (non-hydrogen) atoms. The fourth-order valence-corrected chi connectivity index (χ4v) is 0.435. The van der Waals surface area contributed by atoms with Gasteiger partial charge in [-0.3, -0.25) is 0 Å². The molecule has 0 aromatic rings. The van der Waals surface area contributed by atoms with Crippen molar-refractivity contribution in [2.45, 2.75) is 19.9 Å². The smallest absolute Gasteiger partial charge is 0.0791 e. The number of hydrogen-bond donors (Lipinski definition) is 0. The van der Waals surface area contributed by atoms with Crippen molar-refractivity contribution in [3.8, 4) is 13.1 Å². The molecule has 2 heteroatoms. The van der Waals surface area contributed by atoms with Crippen molar-refractivity contribution in [1.29, 1.82) is 0 Å². The zero-order valence-corrected chi connectivity index (χ0v) is 5.70. The Kier molecular flexibility index (Phi) is 3.16. The summed E-state index contributed by atoms with van der Waals surface area (Å²) in [6.07, 6.45) is 1.78. The Morgan fingerprint density at radius 1 is 1.56 bits per heavy atom. The standard InChI is InChI=1S/C7H10N2/c1-6(8-3)5-7(2)9-4/h3-6H,1-2H3/q+2/b7-5-.